The summed E-state index contributed by atoms with van der Waals surface area (Å²) in [4.78, 5) is 0. The van der Waals surface area contributed by atoms with Crippen molar-refractivity contribution in [2.45, 2.75) is 60.3 Å². The van der Waals surface area contributed by atoms with Gasteiger partial charge in [-0.2, -0.15) is 0 Å². The third-order valence-corrected chi connectivity index (χ3v) is 3.69. The highest BCUT2D eigenvalue weighted by molar-refractivity contribution is 5.50. The van der Waals surface area contributed by atoms with Gasteiger partial charge in [-0.1, -0.05) is 38.5 Å². The van der Waals surface area contributed by atoms with Crippen LogP contribution in [-0.4, -0.2) is 10.2 Å². The topological polar surface area (TPSA) is 40.5 Å². The molecular weight excluding hydrogens is 272 g/mol. The minimum absolute atomic E-state index is 0.129. The van der Waals surface area contributed by atoms with Crippen molar-refractivity contribution in [2.24, 2.45) is 5.92 Å². The quantitative estimate of drug-likeness (QED) is 0.617. The van der Waals surface area contributed by atoms with Gasteiger partial charge in [0.05, 0.1) is 0 Å². The van der Waals surface area contributed by atoms with E-state index in [1.54, 1.807) is 18.2 Å². The van der Waals surface area contributed by atoms with Crippen LogP contribution in [0.2, 0.25) is 0 Å². The molecule has 2 N–H and O–H groups in total. The van der Waals surface area contributed by atoms with Gasteiger partial charge >= 0.3 is 0 Å². The van der Waals surface area contributed by atoms with Crippen molar-refractivity contribution in [1.82, 2.24) is 0 Å². The number of rotatable bonds is 1. The van der Waals surface area contributed by atoms with Gasteiger partial charge in [-0.15, -0.1) is 6.58 Å². The number of phenols is 2. The van der Waals surface area contributed by atoms with E-state index in [1.807, 2.05) is 27.7 Å². The van der Waals surface area contributed by atoms with Crippen LogP contribution in [0, 0.1) is 12.8 Å². The molecule has 2 nitrogen and oxygen atoms in total. The molecule has 2 rings (SSSR count). The summed E-state index contributed by atoms with van der Waals surface area (Å²) in [6.45, 7) is 15.4. The van der Waals surface area contributed by atoms with Crippen molar-refractivity contribution in [3.63, 3.8) is 0 Å². The lowest BCUT2D eigenvalue weighted by molar-refractivity contribution is 0.397. The Morgan fingerprint density at radius 3 is 2.05 bits per heavy atom. The molecule has 0 saturated carbocycles. The van der Waals surface area contributed by atoms with Crippen molar-refractivity contribution < 1.29 is 10.2 Å². The monoisotopic (exact) mass is 304 g/mol. The molecule has 2 atom stereocenters. The molecule has 1 aliphatic rings. The minimum Gasteiger partial charge on any atom is -0.507 e. The molecule has 0 bridgehead atoms. The van der Waals surface area contributed by atoms with Crippen molar-refractivity contribution >= 4 is 0 Å². The molecule has 1 aromatic carbocycles. The molecule has 0 amide bonds. The van der Waals surface area contributed by atoms with E-state index in [0.29, 0.717) is 11.5 Å². The third kappa shape index (κ3) is 5.59. The predicted octanol–water partition coefficient (Wildman–Crippen LogP) is 6.08. The highest BCUT2D eigenvalue weighted by Crippen LogP contribution is 2.43. The van der Waals surface area contributed by atoms with E-state index in [0.717, 1.165) is 18.4 Å². The number of aromatic hydroxyl groups is 2. The van der Waals surface area contributed by atoms with Crippen molar-refractivity contribution in [3.05, 3.63) is 47.6 Å². The Hall–Kier alpha value is -1.70. The smallest absolute Gasteiger partial charge is 0.123 e. The van der Waals surface area contributed by atoms with Gasteiger partial charge in [0.2, 0.25) is 0 Å². The molecule has 1 aromatic rings. The van der Waals surface area contributed by atoms with E-state index >= 15 is 0 Å². The molecular formula is C20H32O2. The van der Waals surface area contributed by atoms with E-state index in [2.05, 4.69) is 26.5 Å². The van der Waals surface area contributed by atoms with E-state index in [-0.39, 0.29) is 17.4 Å². The van der Waals surface area contributed by atoms with Crippen LogP contribution < -0.4 is 0 Å². The first-order valence-electron chi connectivity index (χ1n) is 8.17. The molecule has 0 fully saturated rings. The first-order chi connectivity index (χ1) is 10.4. The number of hydrogen-bond donors (Lipinski definition) is 2. The number of phenolic OH excluding ortho intramolecular Hbond substituents is 2. The van der Waals surface area contributed by atoms with Crippen LogP contribution in [0.15, 0.2) is 36.4 Å². The molecule has 2 heteroatoms. The van der Waals surface area contributed by atoms with E-state index in [1.165, 1.54) is 5.57 Å². The molecule has 0 spiro atoms. The van der Waals surface area contributed by atoms with Crippen LogP contribution in [0.25, 0.3) is 0 Å². The zero-order chi connectivity index (χ0) is 17.3. The lowest BCUT2D eigenvalue weighted by Crippen LogP contribution is -2.13. The van der Waals surface area contributed by atoms with Crippen molar-refractivity contribution in [3.8, 4) is 11.5 Å². The van der Waals surface area contributed by atoms with E-state index in [4.69, 9.17) is 0 Å². The third-order valence-electron chi connectivity index (χ3n) is 3.69. The minimum atomic E-state index is 0.129. The maximum absolute atomic E-state index is 10.0. The average Bonchev–Trinajstić information content (AvgIpc) is 2.44. The second kappa shape index (κ2) is 10.1. The fourth-order valence-corrected chi connectivity index (χ4v) is 2.66. The lowest BCUT2D eigenvalue weighted by atomic mass is 9.77. The number of allylic oxidation sites excluding steroid dienone is 3. The normalized spacial score (nSPS) is 19.8. The van der Waals surface area contributed by atoms with Gasteiger partial charge in [0.1, 0.15) is 11.5 Å². The Labute approximate surface area is 136 Å². The zero-order valence-corrected chi connectivity index (χ0v) is 15.0. The van der Waals surface area contributed by atoms with Crippen LogP contribution >= 0.6 is 0 Å². The Bertz CT molecular complexity index is 477. The summed E-state index contributed by atoms with van der Waals surface area (Å²) >= 11 is 0. The summed E-state index contributed by atoms with van der Waals surface area (Å²) in [6.07, 6.45) is 6.16. The first-order valence-corrected chi connectivity index (χ1v) is 8.17. The van der Waals surface area contributed by atoms with Gasteiger partial charge in [0.25, 0.3) is 0 Å². The molecule has 0 aliphatic heterocycles. The lowest BCUT2D eigenvalue weighted by Gasteiger charge is -2.28. The highest BCUT2D eigenvalue weighted by atomic mass is 16.3. The maximum Gasteiger partial charge on any atom is 0.123 e. The number of aryl methyl sites for hydroxylation is 1. The molecule has 2 unspecified atom stereocenters. The molecule has 0 radical (unpaired) electrons. The Kier molecular flexibility index (Phi) is 9.32. The van der Waals surface area contributed by atoms with Gasteiger partial charge < -0.3 is 10.2 Å². The summed E-state index contributed by atoms with van der Waals surface area (Å²) in [6, 6.07) is 3.44. The van der Waals surface area contributed by atoms with E-state index < -0.39 is 0 Å². The van der Waals surface area contributed by atoms with Crippen LogP contribution in [0.3, 0.4) is 0 Å². The maximum atomic E-state index is 10.0. The predicted molar refractivity (Wildman–Crippen MR) is 96.6 cm³/mol. The van der Waals surface area contributed by atoms with Crippen LogP contribution in [0.4, 0.5) is 0 Å². The fraction of sp³-hybridized carbons (Fsp3) is 0.500. The van der Waals surface area contributed by atoms with Crippen LogP contribution in [0.5, 0.6) is 11.5 Å². The van der Waals surface area contributed by atoms with Gasteiger partial charge in [-0.05, 0) is 57.2 Å². The first kappa shape index (κ1) is 20.3. The Morgan fingerprint density at radius 2 is 1.59 bits per heavy atom. The standard InChI is InChI=1S/C15H20O2.C3H6.C2H6/c1-9-4-5-11(3)12(6-9)15-13(16)7-10(2)8-14(15)17;1-3-2;1-2/h6-8,11-12,16-17H,4-5H2,1-3H3;3H,1H2,2H3;1-2H3. The second-order valence-electron chi connectivity index (χ2n) is 5.68. The van der Waals surface area contributed by atoms with E-state index in [9.17, 15) is 10.2 Å². The number of hydrogen-bond acceptors (Lipinski definition) is 2. The summed E-state index contributed by atoms with van der Waals surface area (Å²) in [5.74, 6) is 1.01. The van der Waals surface area contributed by atoms with Gasteiger partial charge in [0.15, 0.2) is 0 Å². The summed E-state index contributed by atoms with van der Waals surface area (Å²) in [5.41, 5.74) is 2.91. The average molecular weight is 304 g/mol. The van der Waals surface area contributed by atoms with Crippen LogP contribution in [0.1, 0.15) is 64.5 Å². The molecule has 1 aliphatic carbocycles. The SMILES string of the molecule is C=CC.CC.CC1=CC(c2c(O)cc(C)cc2O)C(C)CC1. The molecule has 0 aromatic heterocycles. The zero-order valence-electron chi connectivity index (χ0n) is 15.0. The summed E-state index contributed by atoms with van der Waals surface area (Å²) < 4.78 is 0. The van der Waals surface area contributed by atoms with Gasteiger partial charge in [-0.25, -0.2) is 0 Å². The summed E-state index contributed by atoms with van der Waals surface area (Å²) in [5, 5.41) is 20.1. The Morgan fingerprint density at radius 1 is 1.14 bits per heavy atom. The van der Waals surface area contributed by atoms with Crippen molar-refractivity contribution in [2.75, 3.05) is 0 Å². The fourth-order valence-electron chi connectivity index (χ4n) is 2.66. The Balaban J connectivity index is 0.000000789. The molecule has 0 saturated heterocycles. The summed E-state index contributed by atoms with van der Waals surface area (Å²) in [7, 11) is 0. The molecule has 0 heterocycles. The largest absolute Gasteiger partial charge is 0.507 e. The van der Waals surface area contributed by atoms with Crippen LogP contribution in [-0.2, 0) is 0 Å². The molecule has 22 heavy (non-hydrogen) atoms. The molecule has 124 valence electrons. The van der Waals surface area contributed by atoms with Gasteiger partial charge in [0, 0.05) is 11.5 Å². The highest BCUT2D eigenvalue weighted by Gasteiger charge is 2.26. The van der Waals surface area contributed by atoms with Crippen molar-refractivity contribution in [1.29, 1.82) is 0 Å². The van der Waals surface area contributed by atoms with Gasteiger partial charge in [-0.3, -0.25) is 0 Å². The second-order valence-corrected chi connectivity index (χ2v) is 5.68. The number of benzene rings is 1.